The molecule has 1 saturated heterocycles. The van der Waals surface area contributed by atoms with Gasteiger partial charge in [-0.2, -0.15) is 0 Å². The summed E-state index contributed by atoms with van der Waals surface area (Å²) in [6.45, 7) is 8.02. The quantitative estimate of drug-likeness (QED) is 0.733. The normalized spacial score (nSPS) is 32.6. The highest BCUT2D eigenvalue weighted by Crippen LogP contribution is 2.27. The molecule has 2 N–H and O–H groups in total. The van der Waals surface area contributed by atoms with Crippen LogP contribution >= 0.6 is 0 Å². The van der Waals surface area contributed by atoms with Gasteiger partial charge >= 0.3 is 0 Å². The summed E-state index contributed by atoms with van der Waals surface area (Å²) in [5.74, 6) is 0. The number of aliphatic hydroxyl groups is 1. The number of nitrogens with one attached hydrogen (secondary N) is 1. The van der Waals surface area contributed by atoms with Gasteiger partial charge in [-0.3, -0.25) is 0 Å². The van der Waals surface area contributed by atoms with Gasteiger partial charge in [-0.1, -0.05) is 20.3 Å². The Morgan fingerprint density at radius 1 is 1.50 bits per heavy atom. The van der Waals surface area contributed by atoms with Gasteiger partial charge in [-0.05, 0) is 32.6 Å². The molecule has 0 aromatic heterocycles. The first-order valence-corrected chi connectivity index (χ1v) is 6.65. The zero-order valence-electron chi connectivity index (χ0n) is 11.0. The highest BCUT2D eigenvalue weighted by atomic mass is 16.5. The fourth-order valence-corrected chi connectivity index (χ4v) is 2.29. The van der Waals surface area contributed by atoms with Crippen LogP contribution in [0.25, 0.3) is 0 Å². The summed E-state index contributed by atoms with van der Waals surface area (Å²) < 4.78 is 5.80. The average molecular weight is 229 g/mol. The molecule has 96 valence electrons. The summed E-state index contributed by atoms with van der Waals surface area (Å²) in [4.78, 5) is 0. The number of hydrogen-bond donors (Lipinski definition) is 2. The maximum Gasteiger partial charge on any atom is 0.0666 e. The van der Waals surface area contributed by atoms with E-state index in [1.807, 2.05) is 0 Å². The monoisotopic (exact) mass is 229 g/mol. The van der Waals surface area contributed by atoms with Crippen LogP contribution in [0.3, 0.4) is 0 Å². The van der Waals surface area contributed by atoms with Gasteiger partial charge in [0.2, 0.25) is 0 Å². The minimum atomic E-state index is -0.194. The molecule has 1 aliphatic heterocycles. The smallest absolute Gasteiger partial charge is 0.0666 e. The van der Waals surface area contributed by atoms with Gasteiger partial charge in [0.15, 0.2) is 0 Å². The van der Waals surface area contributed by atoms with Crippen molar-refractivity contribution in [1.82, 2.24) is 5.32 Å². The summed E-state index contributed by atoms with van der Waals surface area (Å²) in [5.41, 5.74) is 0.0334. The Bertz CT molecular complexity index is 198. The molecule has 3 heteroatoms. The second-order valence-corrected chi connectivity index (χ2v) is 5.19. The van der Waals surface area contributed by atoms with Crippen LogP contribution in [0.15, 0.2) is 0 Å². The molecule has 3 unspecified atom stereocenters. The summed E-state index contributed by atoms with van der Waals surface area (Å²) in [6, 6.07) is 0.505. The molecule has 16 heavy (non-hydrogen) atoms. The first-order chi connectivity index (χ1) is 7.59. The van der Waals surface area contributed by atoms with E-state index < -0.39 is 0 Å². The van der Waals surface area contributed by atoms with Gasteiger partial charge in [0, 0.05) is 19.2 Å². The molecule has 1 aliphatic rings. The maximum absolute atomic E-state index is 9.67. The van der Waals surface area contributed by atoms with Gasteiger partial charge in [0.05, 0.1) is 11.7 Å². The molecule has 0 amide bonds. The molecule has 1 fully saturated rings. The Morgan fingerprint density at radius 2 is 2.25 bits per heavy atom. The lowest BCUT2D eigenvalue weighted by Crippen LogP contribution is -2.46. The third-order valence-electron chi connectivity index (χ3n) is 3.61. The van der Waals surface area contributed by atoms with E-state index in [4.69, 9.17) is 4.74 Å². The lowest BCUT2D eigenvalue weighted by atomic mass is 9.90. The second kappa shape index (κ2) is 6.58. The Labute approximate surface area is 99.6 Å². The third-order valence-corrected chi connectivity index (χ3v) is 3.61. The molecular weight excluding hydrogens is 202 g/mol. The van der Waals surface area contributed by atoms with Crippen LogP contribution in [0.5, 0.6) is 0 Å². The number of rotatable bonds is 6. The highest BCUT2D eigenvalue weighted by molar-refractivity contribution is 4.85. The number of hydrogen-bond acceptors (Lipinski definition) is 3. The number of aliphatic hydroxyl groups excluding tert-OH is 1. The Morgan fingerprint density at radius 3 is 2.88 bits per heavy atom. The van der Waals surface area contributed by atoms with Crippen LogP contribution in [0.1, 0.15) is 52.9 Å². The lowest BCUT2D eigenvalue weighted by molar-refractivity contribution is -0.0788. The van der Waals surface area contributed by atoms with Gasteiger partial charge in [-0.15, -0.1) is 0 Å². The molecule has 1 heterocycles. The first-order valence-electron chi connectivity index (χ1n) is 6.65. The van der Waals surface area contributed by atoms with Gasteiger partial charge in [0.25, 0.3) is 0 Å². The van der Waals surface area contributed by atoms with E-state index in [2.05, 4.69) is 26.1 Å². The van der Waals surface area contributed by atoms with Crippen molar-refractivity contribution >= 4 is 0 Å². The number of ether oxygens (including phenoxy) is 1. The summed E-state index contributed by atoms with van der Waals surface area (Å²) in [5, 5.41) is 13.1. The molecule has 0 bridgehead atoms. The fraction of sp³-hybridized carbons (Fsp3) is 1.00. The predicted octanol–water partition coefficient (Wildman–Crippen LogP) is 2.08. The van der Waals surface area contributed by atoms with Crippen LogP contribution in [0.4, 0.5) is 0 Å². The van der Waals surface area contributed by atoms with E-state index in [9.17, 15) is 5.11 Å². The molecule has 3 nitrogen and oxygen atoms in total. The predicted molar refractivity (Wildman–Crippen MR) is 66.6 cm³/mol. The summed E-state index contributed by atoms with van der Waals surface area (Å²) >= 11 is 0. The average Bonchev–Trinajstić information content (AvgIpc) is 2.27. The van der Waals surface area contributed by atoms with Crippen LogP contribution in [-0.2, 0) is 4.74 Å². The molecule has 0 aliphatic carbocycles. The second-order valence-electron chi connectivity index (χ2n) is 5.19. The highest BCUT2D eigenvalue weighted by Gasteiger charge is 2.31. The van der Waals surface area contributed by atoms with Crippen molar-refractivity contribution in [3.05, 3.63) is 0 Å². The Hall–Kier alpha value is -0.120. The Balaban J connectivity index is 2.27. The first kappa shape index (κ1) is 13.9. The van der Waals surface area contributed by atoms with E-state index in [0.717, 1.165) is 45.3 Å². The van der Waals surface area contributed by atoms with Crippen molar-refractivity contribution in [3.63, 3.8) is 0 Å². The molecule has 0 radical (unpaired) electrons. The Kier molecular flexibility index (Phi) is 5.73. The van der Waals surface area contributed by atoms with Crippen LogP contribution in [-0.4, -0.2) is 36.0 Å². The molecule has 0 saturated carbocycles. The van der Waals surface area contributed by atoms with Crippen molar-refractivity contribution in [2.24, 2.45) is 0 Å². The zero-order valence-corrected chi connectivity index (χ0v) is 11.0. The molecule has 0 spiro atoms. The minimum Gasteiger partial charge on any atom is -0.392 e. The van der Waals surface area contributed by atoms with Crippen molar-refractivity contribution in [1.29, 1.82) is 0 Å². The van der Waals surface area contributed by atoms with E-state index in [1.165, 1.54) is 0 Å². The summed E-state index contributed by atoms with van der Waals surface area (Å²) in [7, 11) is 0. The van der Waals surface area contributed by atoms with Gasteiger partial charge in [-0.25, -0.2) is 0 Å². The maximum atomic E-state index is 9.67. The lowest BCUT2D eigenvalue weighted by Gasteiger charge is -2.38. The van der Waals surface area contributed by atoms with E-state index in [-0.39, 0.29) is 11.7 Å². The standard InChI is InChI=1S/C13H27NO2/c1-4-6-12(15)10-14-11-7-8-16-13(3,5-2)9-11/h11-12,14-15H,4-10H2,1-3H3. The zero-order chi connectivity index (χ0) is 12.0. The van der Waals surface area contributed by atoms with Crippen molar-refractivity contribution < 1.29 is 9.84 Å². The topological polar surface area (TPSA) is 41.5 Å². The van der Waals surface area contributed by atoms with Crippen molar-refractivity contribution in [2.75, 3.05) is 13.2 Å². The molecule has 0 aromatic rings. The van der Waals surface area contributed by atoms with Crippen molar-refractivity contribution in [3.8, 4) is 0 Å². The SMILES string of the molecule is CCCC(O)CNC1CCOC(C)(CC)C1. The van der Waals surface area contributed by atoms with Crippen LogP contribution < -0.4 is 5.32 Å². The van der Waals surface area contributed by atoms with Crippen molar-refractivity contribution in [2.45, 2.75) is 70.6 Å². The van der Waals surface area contributed by atoms with Gasteiger partial charge < -0.3 is 15.2 Å². The summed E-state index contributed by atoms with van der Waals surface area (Å²) in [6.07, 6.45) is 4.92. The molecule has 1 rings (SSSR count). The largest absolute Gasteiger partial charge is 0.392 e. The van der Waals surface area contributed by atoms with E-state index >= 15 is 0 Å². The van der Waals surface area contributed by atoms with Gasteiger partial charge in [0.1, 0.15) is 0 Å². The fourth-order valence-electron chi connectivity index (χ4n) is 2.29. The minimum absolute atomic E-state index is 0.0334. The van der Waals surface area contributed by atoms with E-state index in [0.29, 0.717) is 6.04 Å². The van der Waals surface area contributed by atoms with Crippen LogP contribution in [0, 0.1) is 0 Å². The molecule has 0 aromatic carbocycles. The molecular formula is C13H27NO2. The third kappa shape index (κ3) is 4.40. The van der Waals surface area contributed by atoms with E-state index in [1.54, 1.807) is 0 Å². The molecule has 3 atom stereocenters. The van der Waals surface area contributed by atoms with Crippen LogP contribution in [0.2, 0.25) is 0 Å².